The van der Waals surface area contributed by atoms with E-state index in [4.69, 9.17) is 16.3 Å². The highest BCUT2D eigenvalue weighted by atomic mass is 35.5. The first-order valence-corrected chi connectivity index (χ1v) is 9.61. The Morgan fingerprint density at radius 3 is 2.22 bits per heavy atom. The molecular weight excluding hydrogens is 356 g/mol. The summed E-state index contributed by atoms with van der Waals surface area (Å²) in [6, 6.07) is 16.5. The van der Waals surface area contributed by atoms with Crippen LogP contribution < -0.4 is 4.74 Å². The van der Waals surface area contributed by atoms with E-state index in [0.717, 1.165) is 30.2 Å². The third-order valence-corrected chi connectivity index (χ3v) is 4.95. The lowest BCUT2D eigenvalue weighted by Crippen LogP contribution is -2.08. The first kappa shape index (κ1) is 19.4. The molecule has 1 saturated carbocycles. The van der Waals surface area contributed by atoms with Gasteiger partial charge in [0, 0.05) is 17.0 Å². The van der Waals surface area contributed by atoms with Gasteiger partial charge >= 0.3 is 0 Å². The molecule has 1 aliphatic carbocycles. The van der Waals surface area contributed by atoms with E-state index in [9.17, 15) is 0 Å². The summed E-state index contributed by atoms with van der Waals surface area (Å²) in [6.07, 6.45) is 5.59. The van der Waals surface area contributed by atoms with Crippen molar-refractivity contribution in [2.75, 3.05) is 6.54 Å². The maximum absolute atomic E-state index is 6.03. The predicted molar refractivity (Wildman–Crippen MR) is 114 cm³/mol. The minimum absolute atomic E-state index is 0.114. The third kappa shape index (κ3) is 4.86. The zero-order valence-electron chi connectivity index (χ0n) is 15.9. The fourth-order valence-corrected chi connectivity index (χ4v) is 3.27. The third-order valence-electron chi connectivity index (χ3n) is 4.70. The fraction of sp³-hybridized carbons (Fsp3) is 0.304. The van der Waals surface area contributed by atoms with Crippen molar-refractivity contribution in [2.45, 2.75) is 32.1 Å². The molecule has 0 aromatic heterocycles. The van der Waals surface area contributed by atoms with Gasteiger partial charge in [-0.2, -0.15) is 0 Å². The largest absolute Gasteiger partial charge is 0.454 e. The fourth-order valence-electron chi connectivity index (χ4n) is 3.15. The Hall–Kier alpha value is -2.39. The maximum Gasteiger partial charge on any atom is 0.163 e. The second kappa shape index (κ2) is 8.53. The first-order chi connectivity index (χ1) is 13.0. The van der Waals surface area contributed by atoms with Gasteiger partial charge in [-0.25, -0.2) is 0 Å². The van der Waals surface area contributed by atoms with E-state index >= 15 is 0 Å². The topological polar surface area (TPSA) is 34.0 Å². The average molecular weight is 381 g/mol. The Kier molecular flexibility index (Phi) is 6.12. The van der Waals surface area contributed by atoms with Gasteiger partial charge in [0.1, 0.15) is 5.75 Å². The summed E-state index contributed by atoms with van der Waals surface area (Å²) in [5.74, 6) is 1.84. The van der Waals surface area contributed by atoms with Crippen molar-refractivity contribution in [3.63, 3.8) is 0 Å². The zero-order chi connectivity index (χ0) is 19.3. The standard InChI is InChI=1S/C23H25ClN2O/c1-17(2)14-26-16-22(15-25-3)27-21-10-6-19(7-11-21)23(12-13-23)18-4-8-20(24)9-5-18/h4-11,15-17H,3,12-14H2,1-2H3/b22-15+,26-16-. The van der Waals surface area contributed by atoms with Gasteiger partial charge in [0.2, 0.25) is 0 Å². The second-order valence-corrected chi connectivity index (χ2v) is 7.75. The molecule has 0 amide bonds. The highest BCUT2D eigenvalue weighted by molar-refractivity contribution is 6.30. The van der Waals surface area contributed by atoms with Crippen LogP contribution in [0.4, 0.5) is 0 Å². The van der Waals surface area contributed by atoms with Gasteiger partial charge in [0.15, 0.2) is 5.76 Å². The molecule has 0 aliphatic heterocycles. The Labute approximate surface area is 166 Å². The predicted octanol–water partition coefficient (Wildman–Crippen LogP) is 6.07. The van der Waals surface area contributed by atoms with E-state index in [-0.39, 0.29) is 5.41 Å². The van der Waals surface area contributed by atoms with Crippen molar-refractivity contribution in [3.8, 4) is 5.75 Å². The minimum atomic E-state index is 0.114. The number of hydrogen-bond acceptors (Lipinski definition) is 3. The number of benzene rings is 2. The van der Waals surface area contributed by atoms with Crippen LogP contribution in [0.5, 0.6) is 5.75 Å². The van der Waals surface area contributed by atoms with Crippen molar-refractivity contribution >= 4 is 24.5 Å². The average Bonchev–Trinajstić information content (AvgIpc) is 3.45. The lowest BCUT2D eigenvalue weighted by Gasteiger charge is -2.17. The second-order valence-electron chi connectivity index (χ2n) is 7.32. The number of aliphatic imine (C=N–C) groups is 2. The van der Waals surface area contributed by atoms with Gasteiger partial charge in [0.05, 0.1) is 12.4 Å². The summed E-state index contributed by atoms with van der Waals surface area (Å²) in [7, 11) is 0. The summed E-state index contributed by atoms with van der Waals surface area (Å²) in [4.78, 5) is 8.19. The van der Waals surface area contributed by atoms with Crippen molar-refractivity contribution in [1.29, 1.82) is 0 Å². The van der Waals surface area contributed by atoms with Crippen LogP contribution in [-0.4, -0.2) is 19.5 Å². The molecule has 0 unspecified atom stereocenters. The van der Waals surface area contributed by atoms with Crippen LogP contribution >= 0.6 is 11.6 Å². The normalized spacial score (nSPS) is 15.9. The molecule has 0 atom stereocenters. The molecule has 0 N–H and O–H groups in total. The number of ether oxygens (including phenoxy) is 1. The van der Waals surface area contributed by atoms with Crippen molar-refractivity contribution in [3.05, 3.63) is 76.6 Å². The van der Waals surface area contributed by atoms with Gasteiger partial charge in [0.25, 0.3) is 0 Å². The first-order valence-electron chi connectivity index (χ1n) is 9.24. The lowest BCUT2D eigenvalue weighted by atomic mass is 9.88. The molecule has 27 heavy (non-hydrogen) atoms. The summed E-state index contributed by atoms with van der Waals surface area (Å²) in [5, 5.41) is 0.771. The summed E-state index contributed by atoms with van der Waals surface area (Å²) >= 11 is 6.03. The van der Waals surface area contributed by atoms with Crippen LogP contribution in [0.1, 0.15) is 37.8 Å². The Bertz CT molecular complexity index is 832. The molecule has 2 aromatic carbocycles. The van der Waals surface area contributed by atoms with Crippen LogP contribution in [0.25, 0.3) is 0 Å². The van der Waals surface area contributed by atoms with E-state index in [0.29, 0.717) is 11.7 Å². The zero-order valence-corrected chi connectivity index (χ0v) is 16.6. The van der Waals surface area contributed by atoms with E-state index in [2.05, 4.69) is 54.8 Å². The monoisotopic (exact) mass is 380 g/mol. The molecule has 0 bridgehead atoms. The Balaban J connectivity index is 1.73. The van der Waals surface area contributed by atoms with Crippen LogP contribution in [0.2, 0.25) is 5.02 Å². The Morgan fingerprint density at radius 2 is 1.70 bits per heavy atom. The molecule has 0 saturated heterocycles. The Morgan fingerprint density at radius 1 is 1.11 bits per heavy atom. The lowest BCUT2D eigenvalue weighted by molar-refractivity contribution is 0.454. The molecule has 1 aliphatic rings. The van der Waals surface area contributed by atoms with Crippen molar-refractivity contribution in [2.24, 2.45) is 15.9 Å². The van der Waals surface area contributed by atoms with Crippen LogP contribution in [0.15, 0.2) is 70.5 Å². The molecular formula is C23H25ClN2O. The van der Waals surface area contributed by atoms with Gasteiger partial charge in [-0.05, 0) is 60.9 Å². The highest BCUT2D eigenvalue weighted by Gasteiger charge is 2.45. The SMILES string of the molecule is C=N/C=C(\C=N/CC(C)C)Oc1ccc(C2(c3ccc(Cl)cc3)CC2)cc1. The number of hydrogen-bond donors (Lipinski definition) is 0. The maximum atomic E-state index is 6.03. The highest BCUT2D eigenvalue weighted by Crippen LogP contribution is 2.53. The molecule has 140 valence electrons. The number of nitrogens with zero attached hydrogens (tertiary/aromatic N) is 2. The molecule has 4 heteroatoms. The summed E-state index contributed by atoms with van der Waals surface area (Å²) in [5.41, 5.74) is 2.74. The van der Waals surface area contributed by atoms with Crippen LogP contribution in [0.3, 0.4) is 0 Å². The van der Waals surface area contributed by atoms with Gasteiger partial charge in [-0.1, -0.05) is 49.7 Å². The molecule has 3 rings (SSSR count). The van der Waals surface area contributed by atoms with Gasteiger partial charge in [-0.15, -0.1) is 0 Å². The molecule has 2 aromatic rings. The summed E-state index contributed by atoms with van der Waals surface area (Å²) < 4.78 is 5.91. The summed E-state index contributed by atoms with van der Waals surface area (Å²) in [6.45, 7) is 8.50. The van der Waals surface area contributed by atoms with Gasteiger partial charge < -0.3 is 4.74 Å². The van der Waals surface area contributed by atoms with E-state index < -0.39 is 0 Å². The smallest absolute Gasteiger partial charge is 0.163 e. The van der Waals surface area contributed by atoms with Crippen LogP contribution in [0, 0.1) is 5.92 Å². The quantitative estimate of drug-likeness (QED) is 0.404. The van der Waals surface area contributed by atoms with Crippen molar-refractivity contribution in [1.82, 2.24) is 0 Å². The van der Waals surface area contributed by atoms with E-state index in [1.807, 2.05) is 24.3 Å². The molecule has 0 heterocycles. The molecule has 1 fully saturated rings. The minimum Gasteiger partial charge on any atom is -0.454 e. The van der Waals surface area contributed by atoms with Gasteiger partial charge in [-0.3, -0.25) is 9.98 Å². The van der Waals surface area contributed by atoms with Crippen molar-refractivity contribution < 1.29 is 4.74 Å². The molecule has 3 nitrogen and oxygen atoms in total. The molecule has 0 spiro atoms. The number of allylic oxidation sites excluding steroid dienone is 1. The van der Waals surface area contributed by atoms with Crippen LogP contribution in [-0.2, 0) is 5.41 Å². The molecule has 0 radical (unpaired) electrons. The van der Waals surface area contributed by atoms with E-state index in [1.54, 1.807) is 12.4 Å². The number of rotatable bonds is 8. The number of halogens is 1. The van der Waals surface area contributed by atoms with E-state index in [1.165, 1.54) is 11.1 Å².